The summed E-state index contributed by atoms with van der Waals surface area (Å²) in [5.74, 6) is 6.00. The molecule has 1 amide bonds. The van der Waals surface area contributed by atoms with Crippen LogP contribution in [0.3, 0.4) is 0 Å². The van der Waals surface area contributed by atoms with Gasteiger partial charge in [-0.2, -0.15) is 4.98 Å². The third-order valence-electron chi connectivity index (χ3n) is 6.24. The number of benzene rings is 2. The number of hydrogen-bond donors (Lipinski definition) is 4. The van der Waals surface area contributed by atoms with Crippen molar-refractivity contribution in [2.75, 3.05) is 24.1 Å². The molecule has 11 heteroatoms. The van der Waals surface area contributed by atoms with Gasteiger partial charge in [-0.1, -0.05) is 75.3 Å². The Morgan fingerprint density at radius 2 is 1.88 bits per heavy atom. The summed E-state index contributed by atoms with van der Waals surface area (Å²) in [6, 6.07) is 14.2. The first-order chi connectivity index (χ1) is 20.2. The zero-order valence-electron chi connectivity index (χ0n) is 24.4. The SMILES string of the molecule is CCCCCCOc1cccc(C#CC(NC(=O)c2coc(NS(C)(=O)=O)n2)[C@H](O)CNCc2cccc(CC)c2)c1. The summed E-state index contributed by atoms with van der Waals surface area (Å²) >= 11 is 0. The molecule has 0 aliphatic rings. The topological polar surface area (TPSA) is 143 Å². The van der Waals surface area contributed by atoms with E-state index < -0.39 is 28.1 Å². The van der Waals surface area contributed by atoms with Crippen LogP contribution < -0.4 is 20.1 Å². The van der Waals surface area contributed by atoms with Crippen molar-refractivity contribution in [2.45, 2.75) is 64.6 Å². The molecule has 0 bridgehead atoms. The number of rotatable bonds is 16. The average molecular weight is 597 g/mol. The van der Waals surface area contributed by atoms with Crippen LogP contribution in [0.4, 0.5) is 6.01 Å². The standard InChI is InChI=1S/C31H40N4O6S/c1-4-6-7-8-17-40-26-14-10-12-24(19-26)15-16-27(29(36)21-32-20-25-13-9-11-23(5-2)18-25)33-30(37)28-22-41-31(34-28)35-42(3,38)39/h9-14,18-19,22,27,29,32,36H,4-8,17,20-21H2,1-3H3,(H,33,37)(H,34,35)/t27?,29-/m1/s1. The monoisotopic (exact) mass is 596 g/mol. The van der Waals surface area contributed by atoms with Crippen LogP contribution in [0.1, 0.15) is 66.7 Å². The van der Waals surface area contributed by atoms with Crippen LogP contribution >= 0.6 is 0 Å². The second-order valence-corrected chi connectivity index (χ2v) is 11.7. The highest BCUT2D eigenvalue weighted by molar-refractivity contribution is 7.91. The molecule has 42 heavy (non-hydrogen) atoms. The molecule has 0 aliphatic heterocycles. The van der Waals surface area contributed by atoms with Crippen LogP contribution in [0.2, 0.25) is 0 Å². The lowest BCUT2D eigenvalue weighted by Crippen LogP contribution is -2.46. The van der Waals surface area contributed by atoms with Gasteiger partial charge in [0.2, 0.25) is 10.0 Å². The lowest BCUT2D eigenvalue weighted by Gasteiger charge is -2.20. The zero-order valence-corrected chi connectivity index (χ0v) is 25.2. The first-order valence-electron chi connectivity index (χ1n) is 14.1. The number of anilines is 1. The Bertz CT molecular complexity index is 1460. The van der Waals surface area contributed by atoms with Crippen molar-refractivity contribution in [2.24, 2.45) is 0 Å². The summed E-state index contributed by atoms with van der Waals surface area (Å²) in [7, 11) is -3.64. The first kappa shape index (κ1) is 32.7. The summed E-state index contributed by atoms with van der Waals surface area (Å²) in [6.45, 7) is 5.55. The van der Waals surface area contributed by atoms with Gasteiger partial charge in [-0.15, -0.1) is 0 Å². The molecule has 1 aromatic heterocycles. The lowest BCUT2D eigenvalue weighted by atomic mass is 10.1. The fourth-order valence-corrected chi connectivity index (χ4v) is 4.42. The van der Waals surface area contributed by atoms with Gasteiger partial charge in [0.05, 0.1) is 19.0 Å². The molecule has 10 nitrogen and oxygen atoms in total. The van der Waals surface area contributed by atoms with Crippen molar-refractivity contribution in [1.82, 2.24) is 15.6 Å². The van der Waals surface area contributed by atoms with Gasteiger partial charge in [0, 0.05) is 18.7 Å². The predicted octanol–water partition coefficient (Wildman–Crippen LogP) is 3.87. The Morgan fingerprint density at radius 1 is 1.10 bits per heavy atom. The normalized spacial score (nSPS) is 12.6. The van der Waals surface area contributed by atoms with Crippen molar-refractivity contribution in [3.63, 3.8) is 0 Å². The number of ether oxygens (including phenoxy) is 1. The number of aliphatic hydroxyl groups excluding tert-OH is 1. The fourth-order valence-electron chi connectivity index (χ4n) is 4.01. The first-order valence-corrected chi connectivity index (χ1v) is 16.0. The number of aliphatic hydroxyl groups is 1. The van der Waals surface area contributed by atoms with Gasteiger partial charge in [0.1, 0.15) is 18.1 Å². The van der Waals surface area contributed by atoms with Crippen molar-refractivity contribution in [3.8, 4) is 17.6 Å². The number of nitrogens with zero attached hydrogens (tertiary/aromatic N) is 1. The van der Waals surface area contributed by atoms with Crippen LogP contribution in [-0.2, 0) is 23.0 Å². The van der Waals surface area contributed by atoms with Crippen LogP contribution in [0, 0.1) is 11.8 Å². The number of carbonyl (C=O) groups excluding carboxylic acids is 1. The van der Waals surface area contributed by atoms with Crippen LogP contribution in [0.25, 0.3) is 0 Å². The second-order valence-electron chi connectivity index (χ2n) is 9.94. The summed E-state index contributed by atoms with van der Waals surface area (Å²) < 4.78 is 35.9. The highest BCUT2D eigenvalue weighted by Gasteiger charge is 2.22. The van der Waals surface area contributed by atoms with Gasteiger partial charge in [-0.25, -0.2) is 13.1 Å². The second kappa shape index (κ2) is 16.6. The summed E-state index contributed by atoms with van der Waals surface area (Å²) in [5.41, 5.74) is 2.80. The predicted molar refractivity (Wildman–Crippen MR) is 163 cm³/mol. The average Bonchev–Trinajstić information content (AvgIpc) is 3.42. The Hall–Kier alpha value is -3.85. The molecule has 4 N–H and O–H groups in total. The highest BCUT2D eigenvalue weighted by Crippen LogP contribution is 2.14. The number of oxazole rings is 1. The third-order valence-corrected chi connectivity index (χ3v) is 6.78. The van der Waals surface area contributed by atoms with Crippen molar-refractivity contribution in [1.29, 1.82) is 0 Å². The molecule has 2 aromatic carbocycles. The molecule has 226 valence electrons. The Balaban J connectivity index is 1.71. The van der Waals surface area contributed by atoms with E-state index in [1.807, 2.05) is 36.4 Å². The minimum Gasteiger partial charge on any atom is -0.494 e. The molecule has 2 atom stereocenters. The molecule has 3 rings (SSSR count). The number of nitrogens with one attached hydrogen (secondary N) is 3. The Labute approximate surface area is 248 Å². The molecule has 1 heterocycles. The van der Waals surface area contributed by atoms with Crippen LogP contribution in [0.5, 0.6) is 5.75 Å². The smallest absolute Gasteiger partial charge is 0.309 e. The number of unbranched alkanes of at least 4 members (excludes halogenated alkanes) is 3. The van der Waals surface area contributed by atoms with E-state index in [9.17, 15) is 18.3 Å². The molecule has 3 aromatic rings. The number of sulfonamides is 1. The van der Waals surface area contributed by atoms with E-state index in [4.69, 9.17) is 9.15 Å². The number of aromatic nitrogens is 1. The third kappa shape index (κ3) is 11.6. The van der Waals surface area contributed by atoms with Gasteiger partial charge in [-0.3, -0.25) is 4.79 Å². The molecule has 0 spiro atoms. The van der Waals surface area contributed by atoms with E-state index in [0.29, 0.717) is 24.5 Å². The highest BCUT2D eigenvalue weighted by atomic mass is 32.2. The van der Waals surface area contributed by atoms with Crippen molar-refractivity contribution >= 4 is 21.9 Å². The van der Waals surface area contributed by atoms with Crippen molar-refractivity contribution < 1.29 is 27.5 Å². The molecular weight excluding hydrogens is 556 g/mol. The molecule has 0 saturated heterocycles. The number of carbonyl (C=O) groups is 1. The summed E-state index contributed by atoms with van der Waals surface area (Å²) in [6.07, 6.45) is 6.24. The molecule has 0 radical (unpaired) electrons. The molecule has 0 fully saturated rings. The maximum atomic E-state index is 12.9. The van der Waals surface area contributed by atoms with E-state index in [2.05, 4.69) is 58.2 Å². The lowest BCUT2D eigenvalue weighted by molar-refractivity contribution is 0.0875. The summed E-state index contributed by atoms with van der Waals surface area (Å²) in [4.78, 5) is 16.8. The Kier molecular flexibility index (Phi) is 12.9. The number of amides is 1. The zero-order chi connectivity index (χ0) is 30.4. The van der Waals surface area contributed by atoms with Crippen LogP contribution in [0.15, 0.2) is 59.2 Å². The Morgan fingerprint density at radius 3 is 2.64 bits per heavy atom. The van der Waals surface area contributed by atoms with Crippen molar-refractivity contribution in [3.05, 3.63) is 77.2 Å². The molecule has 0 aliphatic carbocycles. The van der Waals surface area contributed by atoms with E-state index in [1.165, 1.54) is 12.0 Å². The van der Waals surface area contributed by atoms with Gasteiger partial charge in [-0.05, 0) is 42.2 Å². The maximum Gasteiger partial charge on any atom is 0.309 e. The van der Waals surface area contributed by atoms with Gasteiger partial charge in [0.25, 0.3) is 5.91 Å². The van der Waals surface area contributed by atoms with E-state index in [0.717, 1.165) is 43.8 Å². The fraction of sp³-hybridized carbons (Fsp3) is 0.419. The van der Waals surface area contributed by atoms with E-state index in [1.54, 1.807) is 0 Å². The molecule has 1 unspecified atom stereocenters. The van der Waals surface area contributed by atoms with Crippen LogP contribution in [-0.4, -0.2) is 56.0 Å². The van der Waals surface area contributed by atoms with E-state index in [-0.39, 0.29) is 18.3 Å². The molecule has 0 saturated carbocycles. The largest absolute Gasteiger partial charge is 0.494 e. The van der Waals surface area contributed by atoms with Gasteiger partial charge in [0.15, 0.2) is 5.69 Å². The minimum absolute atomic E-state index is 0.149. The molecular formula is C31H40N4O6S. The maximum absolute atomic E-state index is 12.9. The minimum atomic E-state index is -3.64. The summed E-state index contributed by atoms with van der Waals surface area (Å²) in [5, 5.41) is 16.9. The number of aryl methyl sites for hydroxylation is 1. The van der Waals surface area contributed by atoms with Gasteiger partial charge < -0.3 is 24.9 Å². The van der Waals surface area contributed by atoms with E-state index >= 15 is 0 Å². The number of hydrogen-bond acceptors (Lipinski definition) is 8. The van der Waals surface area contributed by atoms with Gasteiger partial charge >= 0.3 is 6.01 Å². The quantitative estimate of drug-likeness (QED) is 0.144.